The Morgan fingerprint density at radius 3 is 2.50 bits per heavy atom. The Kier molecular flexibility index (Phi) is 5.78. The van der Waals surface area contributed by atoms with Crippen LogP contribution in [0.2, 0.25) is 23.2 Å². The Labute approximate surface area is 127 Å². The van der Waals surface area contributed by atoms with Crippen molar-refractivity contribution in [3.63, 3.8) is 0 Å². The molecule has 0 saturated heterocycles. The van der Waals surface area contributed by atoms with Crippen molar-refractivity contribution in [1.82, 2.24) is 0 Å². The molecule has 1 atom stereocenters. The Hall–Kier alpha value is -0.423. The average Bonchev–Trinajstić information content (AvgIpc) is 2.30. The number of benzene rings is 1. The number of nitrogens with two attached hydrogens (primary N) is 1. The first kappa shape index (κ1) is 17.6. The van der Waals surface area contributed by atoms with E-state index >= 15 is 0 Å². The summed E-state index contributed by atoms with van der Waals surface area (Å²) < 4.78 is 19.5. The molecule has 114 valence electrons. The van der Waals surface area contributed by atoms with Crippen LogP contribution in [0.5, 0.6) is 0 Å². The molecule has 0 aliphatic heterocycles. The molecule has 2 nitrogen and oxygen atoms in total. The van der Waals surface area contributed by atoms with Gasteiger partial charge in [0, 0.05) is 12.6 Å². The molecule has 0 aliphatic carbocycles. The van der Waals surface area contributed by atoms with Crippen molar-refractivity contribution in [2.24, 2.45) is 5.73 Å². The molecule has 2 N–H and O–H groups in total. The van der Waals surface area contributed by atoms with Crippen LogP contribution in [0.25, 0.3) is 0 Å². The van der Waals surface area contributed by atoms with E-state index in [0.717, 1.165) is 0 Å². The number of halogens is 2. The zero-order valence-corrected chi connectivity index (χ0v) is 14.7. The van der Waals surface area contributed by atoms with Gasteiger partial charge >= 0.3 is 0 Å². The van der Waals surface area contributed by atoms with Crippen molar-refractivity contribution in [3.05, 3.63) is 34.6 Å². The van der Waals surface area contributed by atoms with Crippen molar-refractivity contribution in [2.75, 3.05) is 6.61 Å². The molecule has 1 unspecified atom stereocenters. The van der Waals surface area contributed by atoms with E-state index in [1.807, 2.05) is 0 Å². The normalized spacial score (nSPS) is 14.4. The van der Waals surface area contributed by atoms with Crippen molar-refractivity contribution in [1.29, 1.82) is 0 Å². The molecule has 0 fully saturated rings. The van der Waals surface area contributed by atoms with Crippen LogP contribution in [-0.4, -0.2) is 14.9 Å². The molecule has 0 radical (unpaired) electrons. The highest BCUT2D eigenvalue weighted by Gasteiger charge is 2.37. The van der Waals surface area contributed by atoms with Gasteiger partial charge in [-0.25, -0.2) is 4.39 Å². The SMILES string of the molecule is CC(C)(C)[Si](C)(C)OCCC(N)c1cccc(F)c1Cl. The van der Waals surface area contributed by atoms with Gasteiger partial charge in [0.25, 0.3) is 0 Å². The topological polar surface area (TPSA) is 35.2 Å². The third-order valence-electron chi connectivity index (χ3n) is 4.08. The number of rotatable bonds is 5. The molecular weight excluding hydrogens is 293 g/mol. The molecule has 1 aromatic rings. The zero-order chi connectivity index (χ0) is 15.6. The third-order valence-corrected chi connectivity index (χ3v) is 9.02. The maximum absolute atomic E-state index is 13.4. The molecule has 0 bridgehead atoms. The third kappa shape index (κ3) is 4.28. The van der Waals surface area contributed by atoms with Crippen LogP contribution in [0.1, 0.15) is 38.8 Å². The van der Waals surface area contributed by atoms with Crippen molar-refractivity contribution in [2.45, 2.75) is 51.4 Å². The van der Waals surface area contributed by atoms with Gasteiger partial charge in [-0.2, -0.15) is 0 Å². The Morgan fingerprint density at radius 2 is 1.95 bits per heavy atom. The lowest BCUT2D eigenvalue weighted by molar-refractivity contribution is 0.272. The summed E-state index contributed by atoms with van der Waals surface area (Å²) >= 11 is 5.94. The molecule has 20 heavy (non-hydrogen) atoms. The Balaban J connectivity index is 2.61. The van der Waals surface area contributed by atoms with Gasteiger partial charge in [-0.05, 0) is 36.2 Å². The van der Waals surface area contributed by atoms with E-state index in [1.54, 1.807) is 12.1 Å². The van der Waals surface area contributed by atoms with E-state index in [-0.39, 0.29) is 16.1 Å². The lowest BCUT2D eigenvalue weighted by Gasteiger charge is -2.36. The van der Waals surface area contributed by atoms with Gasteiger partial charge in [0.05, 0.1) is 5.02 Å². The maximum atomic E-state index is 13.4. The maximum Gasteiger partial charge on any atom is 0.191 e. The molecule has 0 aromatic heterocycles. The van der Waals surface area contributed by atoms with Crippen LogP contribution < -0.4 is 5.73 Å². The van der Waals surface area contributed by atoms with E-state index in [4.69, 9.17) is 21.8 Å². The zero-order valence-electron chi connectivity index (χ0n) is 13.0. The highest BCUT2D eigenvalue weighted by atomic mass is 35.5. The number of hydrogen-bond donors (Lipinski definition) is 1. The summed E-state index contributed by atoms with van der Waals surface area (Å²) in [5.74, 6) is -0.426. The minimum Gasteiger partial charge on any atom is -0.417 e. The first-order valence-electron chi connectivity index (χ1n) is 6.90. The predicted molar refractivity (Wildman–Crippen MR) is 86.1 cm³/mol. The van der Waals surface area contributed by atoms with E-state index in [2.05, 4.69) is 33.9 Å². The van der Waals surface area contributed by atoms with E-state index in [1.165, 1.54) is 6.07 Å². The van der Waals surface area contributed by atoms with Gasteiger partial charge in [0.2, 0.25) is 0 Å². The highest BCUT2D eigenvalue weighted by Crippen LogP contribution is 2.37. The first-order chi connectivity index (χ1) is 9.06. The number of hydrogen-bond acceptors (Lipinski definition) is 2. The predicted octanol–water partition coefficient (Wildman–Crippen LogP) is 4.89. The molecular formula is C15H25ClFNOSi. The molecule has 0 spiro atoms. The van der Waals surface area contributed by atoms with E-state index in [9.17, 15) is 4.39 Å². The molecule has 5 heteroatoms. The van der Waals surface area contributed by atoms with Crippen molar-refractivity contribution in [3.8, 4) is 0 Å². The lowest BCUT2D eigenvalue weighted by atomic mass is 10.1. The summed E-state index contributed by atoms with van der Waals surface area (Å²) in [6, 6.07) is 4.43. The highest BCUT2D eigenvalue weighted by molar-refractivity contribution is 6.74. The van der Waals surface area contributed by atoms with E-state index in [0.29, 0.717) is 18.6 Å². The summed E-state index contributed by atoms with van der Waals surface area (Å²) in [7, 11) is -1.76. The second kappa shape index (κ2) is 6.56. The minimum absolute atomic E-state index is 0.118. The van der Waals surface area contributed by atoms with Crippen LogP contribution in [0.4, 0.5) is 4.39 Å². The fraction of sp³-hybridized carbons (Fsp3) is 0.600. The van der Waals surface area contributed by atoms with E-state index < -0.39 is 14.1 Å². The Bertz CT molecular complexity index is 460. The standard InChI is InChI=1S/C15H25ClFNOSi/c1-15(2,3)20(4,5)19-10-9-13(18)11-7-6-8-12(17)14(11)16/h6-8,13H,9-10,18H2,1-5H3. The second-order valence-corrected chi connectivity index (χ2v) is 11.8. The van der Waals surface area contributed by atoms with Crippen LogP contribution in [0.3, 0.4) is 0 Å². The lowest BCUT2D eigenvalue weighted by Crippen LogP contribution is -2.41. The molecule has 0 heterocycles. The van der Waals surface area contributed by atoms with Crippen LogP contribution in [0, 0.1) is 5.82 Å². The largest absolute Gasteiger partial charge is 0.417 e. The van der Waals surface area contributed by atoms with Crippen LogP contribution in [-0.2, 0) is 4.43 Å². The molecule has 1 rings (SSSR count). The fourth-order valence-corrected chi connectivity index (χ4v) is 2.95. The Morgan fingerprint density at radius 1 is 1.35 bits per heavy atom. The molecule has 0 aliphatic rings. The molecule has 0 amide bonds. The van der Waals surface area contributed by atoms with Gasteiger partial charge < -0.3 is 10.2 Å². The van der Waals surface area contributed by atoms with Gasteiger partial charge in [-0.3, -0.25) is 0 Å². The van der Waals surface area contributed by atoms with Gasteiger partial charge in [0.15, 0.2) is 8.32 Å². The molecule has 1 aromatic carbocycles. The fourth-order valence-electron chi connectivity index (χ4n) is 1.62. The quantitative estimate of drug-likeness (QED) is 0.785. The van der Waals surface area contributed by atoms with Crippen LogP contribution in [0.15, 0.2) is 18.2 Å². The summed E-state index contributed by atoms with van der Waals surface area (Å²) in [5.41, 5.74) is 6.73. The second-order valence-electron chi connectivity index (χ2n) is 6.65. The van der Waals surface area contributed by atoms with Crippen molar-refractivity contribution < 1.29 is 8.82 Å². The van der Waals surface area contributed by atoms with Crippen molar-refractivity contribution >= 4 is 19.9 Å². The van der Waals surface area contributed by atoms with Gasteiger partial charge in [0.1, 0.15) is 5.82 Å². The summed E-state index contributed by atoms with van der Waals surface area (Å²) in [5, 5.41) is 0.292. The van der Waals surface area contributed by atoms with Crippen LogP contribution >= 0.6 is 11.6 Å². The molecule has 0 saturated carbocycles. The van der Waals surface area contributed by atoms with Gasteiger partial charge in [-0.1, -0.05) is 44.5 Å². The van der Waals surface area contributed by atoms with Gasteiger partial charge in [-0.15, -0.1) is 0 Å². The monoisotopic (exact) mass is 317 g/mol. The minimum atomic E-state index is -1.76. The summed E-state index contributed by atoms with van der Waals surface area (Å²) in [6.07, 6.45) is 0.635. The summed E-state index contributed by atoms with van der Waals surface area (Å²) in [4.78, 5) is 0. The summed E-state index contributed by atoms with van der Waals surface area (Å²) in [6.45, 7) is 11.6. The average molecular weight is 318 g/mol. The first-order valence-corrected chi connectivity index (χ1v) is 10.2. The smallest absolute Gasteiger partial charge is 0.191 e.